The Labute approximate surface area is 93.0 Å². The smallest absolute Gasteiger partial charge is 0.239 e. The van der Waals surface area contributed by atoms with Gasteiger partial charge in [-0.1, -0.05) is 20.3 Å². The molecule has 0 aliphatic heterocycles. The zero-order valence-electron chi connectivity index (χ0n) is 10.4. The Morgan fingerprint density at radius 2 is 2.00 bits per heavy atom. The first-order valence-corrected chi connectivity index (χ1v) is 6.01. The first-order chi connectivity index (χ1) is 6.99. The molecule has 1 aliphatic carbocycles. The van der Waals surface area contributed by atoms with Crippen LogP contribution >= 0.6 is 0 Å². The van der Waals surface area contributed by atoms with Crippen molar-refractivity contribution in [1.29, 1.82) is 0 Å². The predicted octanol–water partition coefficient (Wildman–Crippen LogP) is 1.62. The third kappa shape index (κ3) is 2.94. The number of rotatable bonds is 5. The normalized spacial score (nSPS) is 21.9. The van der Waals surface area contributed by atoms with E-state index in [1.165, 1.54) is 12.8 Å². The molecule has 0 radical (unpaired) electrons. The Morgan fingerprint density at radius 1 is 1.47 bits per heavy atom. The van der Waals surface area contributed by atoms with Crippen LogP contribution in [0.4, 0.5) is 0 Å². The Hall–Kier alpha value is -0.570. The van der Waals surface area contributed by atoms with Crippen molar-refractivity contribution in [3.8, 4) is 0 Å². The summed E-state index contributed by atoms with van der Waals surface area (Å²) in [5.74, 6) is 1.08. The summed E-state index contributed by atoms with van der Waals surface area (Å²) in [6, 6.07) is 0.0220. The van der Waals surface area contributed by atoms with Gasteiger partial charge < -0.3 is 10.6 Å². The molecule has 2 unspecified atom stereocenters. The van der Waals surface area contributed by atoms with Crippen molar-refractivity contribution in [2.24, 2.45) is 17.6 Å². The second kappa shape index (κ2) is 4.97. The zero-order valence-corrected chi connectivity index (χ0v) is 10.4. The summed E-state index contributed by atoms with van der Waals surface area (Å²) in [6.45, 7) is 6.24. The Bertz CT molecular complexity index is 226. The van der Waals surface area contributed by atoms with Crippen LogP contribution in [-0.2, 0) is 4.79 Å². The molecule has 1 fully saturated rings. The molecule has 1 saturated carbocycles. The molecule has 3 atom stereocenters. The minimum Gasteiger partial charge on any atom is -0.341 e. The largest absolute Gasteiger partial charge is 0.341 e. The average Bonchev–Trinajstić information content (AvgIpc) is 3.07. The zero-order chi connectivity index (χ0) is 11.6. The van der Waals surface area contributed by atoms with Gasteiger partial charge in [0, 0.05) is 13.1 Å². The molecular weight excluding hydrogens is 188 g/mol. The van der Waals surface area contributed by atoms with E-state index in [0.29, 0.717) is 12.0 Å². The first-order valence-electron chi connectivity index (χ1n) is 6.01. The van der Waals surface area contributed by atoms with Crippen LogP contribution in [0.15, 0.2) is 0 Å². The number of nitrogens with zero attached hydrogens (tertiary/aromatic N) is 1. The number of likely N-dealkylation sites (N-methyl/N-ethyl adjacent to an activating group) is 1. The van der Waals surface area contributed by atoms with E-state index in [4.69, 9.17) is 5.73 Å². The van der Waals surface area contributed by atoms with Gasteiger partial charge in [-0.2, -0.15) is 0 Å². The van der Waals surface area contributed by atoms with E-state index in [1.807, 2.05) is 18.9 Å². The molecule has 15 heavy (non-hydrogen) atoms. The highest BCUT2D eigenvalue weighted by Gasteiger charge is 2.34. The number of nitrogens with two attached hydrogens (primary N) is 1. The lowest BCUT2D eigenvalue weighted by atomic mass is 9.98. The van der Waals surface area contributed by atoms with E-state index in [9.17, 15) is 4.79 Å². The maximum atomic E-state index is 12.0. The second-order valence-corrected chi connectivity index (χ2v) is 4.94. The van der Waals surface area contributed by atoms with Gasteiger partial charge in [0.15, 0.2) is 0 Å². The minimum atomic E-state index is -0.332. The highest BCUT2D eigenvalue weighted by molar-refractivity contribution is 5.82. The summed E-state index contributed by atoms with van der Waals surface area (Å²) < 4.78 is 0. The van der Waals surface area contributed by atoms with Crippen LogP contribution in [0.2, 0.25) is 0 Å². The fourth-order valence-electron chi connectivity index (χ4n) is 1.83. The van der Waals surface area contributed by atoms with Crippen molar-refractivity contribution in [1.82, 2.24) is 4.90 Å². The molecule has 1 aliphatic rings. The summed E-state index contributed by atoms with van der Waals surface area (Å²) in [5, 5.41) is 0. The van der Waals surface area contributed by atoms with E-state index in [2.05, 4.69) is 13.8 Å². The maximum absolute atomic E-state index is 12.0. The number of hydrogen-bond donors (Lipinski definition) is 1. The molecule has 1 amide bonds. The van der Waals surface area contributed by atoms with Crippen LogP contribution in [0.25, 0.3) is 0 Å². The molecular formula is C12H24N2O. The summed E-state index contributed by atoms with van der Waals surface area (Å²) in [4.78, 5) is 13.9. The van der Waals surface area contributed by atoms with Crippen LogP contribution in [0.5, 0.6) is 0 Å². The Balaban J connectivity index is 2.50. The first kappa shape index (κ1) is 12.5. The van der Waals surface area contributed by atoms with Crippen LogP contribution in [0.3, 0.4) is 0 Å². The molecule has 1 rings (SSSR count). The lowest BCUT2D eigenvalue weighted by Gasteiger charge is -2.29. The molecule has 0 spiro atoms. The molecule has 3 nitrogen and oxygen atoms in total. The van der Waals surface area contributed by atoms with Crippen LogP contribution in [0.1, 0.15) is 40.0 Å². The molecule has 3 heteroatoms. The topological polar surface area (TPSA) is 46.3 Å². The van der Waals surface area contributed by atoms with Crippen molar-refractivity contribution < 1.29 is 4.79 Å². The molecule has 0 bridgehead atoms. The molecule has 0 saturated heterocycles. The van der Waals surface area contributed by atoms with Crippen LogP contribution < -0.4 is 5.73 Å². The quantitative estimate of drug-likeness (QED) is 0.752. The van der Waals surface area contributed by atoms with Crippen LogP contribution in [-0.4, -0.2) is 29.9 Å². The van der Waals surface area contributed by atoms with E-state index in [0.717, 1.165) is 6.42 Å². The van der Waals surface area contributed by atoms with Gasteiger partial charge in [0.05, 0.1) is 6.04 Å². The standard InChI is InChI=1S/C12H24N2O/c1-5-8(2)11(13)12(15)14(4)9(3)10-6-7-10/h8-11H,5-7,13H2,1-4H3/t8?,9?,11-/m0/s1. The fraction of sp³-hybridized carbons (Fsp3) is 0.917. The third-order valence-electron chi connectivity index (χ3n) is 3.80. The van der Waals surface area contributed by atoms with Crippen LogP contribution in [0, 0.1) is 11.8 Å². The van der Waals surface area contributed by atoms with Crippen molar-refractivity contribution in [2.75, 3.05) is 7.05 Å². The predicted molar refractivity (Wildman–Crippen MR) is 62.4 cm³/mol. The molecule has 0 heterocycles. The van der Waals surface area contributed by atoms with Gasteiger partial charge in [0.25, 0.3) is 0 Å². The highest BCUT2D eigenvalue weighted by Crippen LogP contribution is 2.34. The van der Waals surface area contributed by atoms with Crippen molar-refractivity contribution >= 4 is 5.91 Å². The molecule has 0 aromatic rings. The van der Waals surface area contributed by atoms with Gasteiger partial charge in [-0.3, -0.25) is 4.79 Å². The number of carbonyl (C=O) groups excluding carboxylic acids is 1. The van der Waals surface area contributed by atoms with E-state index in [-0.39, 0.29) is 17.9 Å². The van der Waals surface area contributed by atoms with Gasteiger partial charge in [-0.05, 0) is 31.6 Å². The van der Waals surface area contributed by atoms with Gasteiger partial charge in [-0.15, -0.1) is 0 Å². The van der Waals surface area contributed by atoms with Crippen molar-refractivity contribution in [2.45, 2.75) is 52.1 Å². The molecule has 0 aromatic heterocycles. The molecule has 0 aromatic carbocycles. The summed E-state index contributed by atoms with van der Waals surface area (Å²) in [6.07, 6.45) is 3.48. The maximum Gasteiger partial charge on any atom is 0.239 e. The van der Waals surface area contributed by atoms with Gasteiger partial charge >= 0.3 is 0 Å². The lowest BCUT2D eigenvalue weighted by Crippen LogP contribution is -2.49. The lowest BCUT2D eigenvalue weighted by molar-refractivity contribution is -0.134. The van der Waals surface area contributed by atoms with Gasteiger partial charge in [0.1, 0.15) is 0 Å². The number of amides is 1. The van der Waals surface area contributed by atoms with Gasteiger partial charge in [-0.25, -0.2) is 0 Å². The molecule has 88 valence electrons. The number of carbonyl (C=O) groups is 1. The summed E-state index contributed by atoms with van der Waals surface area (Å²) in [7, 11) is 1.88. The monoisotopic (exact) mass is 212 g/mol. The Kier molecular flexibility index (Phi) is 4.14. The SMILES string of the molecule is CCC(C)[C@H](N)C(=O)N(C)C(C)C1CC1. The highest BCUT2D eigenvalue weighted by atomic mass is 16.2. The third-order valence-corrected chi connectivity index (χ3v) is 3.80. The van der Waals surface area contributed by atoms with E-state index in [1.54, 1.807) is 0 Å². The fourth-order valence-corrected chi connectivity index (χ4v) is 1.83. The van der Waals surface area contributed by atoms with Gasteiger partial charge in [0.2, 0.25) is 5.91 Å². The van der Waals surface area contributed by atoms with E-state index < -0.39 is 0 Å². The second-order valence-electron chi connectivity index (χ2n) is 4.94. The average molecular weight is 212 g/mol. The summed E-state index contributed by atoms with van der Waals surface area (Å²) in [5.41, 5.74) is 5.94. The van der Waals surface area contributed by atoms with Crippen molar-refractivity contribution in [3.05, 3.63) is 0 Å². The Morgan fingerprint density at radius 3 is 2.40 bits per heavy atom. The molecule has 2 N–H and O–H groups in total. The number of hydrogen-bond acceptors (Lipinski definition) is 2. The summed E-state index contributed by atoms with van der Waals surface area (Å²) >= 11 is 0. The van der Waals surface area contributed by atoms with Crippen molar-refractivity contribution in [3.63, 3.8) is 0 Å². The van der Waals surface area contributed by atoms with E-state index >= 15 is 0 Å². The minimum absolute atomic E-state index is 0.101.